The number of ether oxygens (including phenoxy) is 5. The molecule has 0 radical (unpaired) electrons. The Morgan fingerprint density at radius 3 is 2.17 bits per heavy atom. The molecule has 1 aromatic heterocycles. The number of likely N-dealkylation sites (tertiary alicyclic amines) is 1. The van der Waals surface area contributed by atoms with Crippen LogP contribution in [-0.2, 0) is 25.6 Å². The van der Waals surface area contributed by atoms with E-state index in [1.54, 1.807) is 39.0 Å². The Balaban J connectivity index is 1.30. The number of methoxy groups -OCH3 is 1. The zero-order valence-corrected chi connectivity index (χ0v) is 30.3. The van der Waals surface area contributed by atoms with Crippen LogP contribution < -0.4 is 14.2 Å². The van der Waals surface area contributed by atoms with Crippen LogP contribution >= 0.6 is 0 Å². The first-order valence-corrected chi connectivity index (χ1v) is 17.7. The highest BCUT2D eigenvalue weighted by atomic mass is 16.7. The van der Waals surface area contributed by atoms with Gasteiger partial charge in [0.25, 0.3) is 0 Å². The van der Waals surface area contributed by atoms with E-state index in [1.807, 2.05) is 43.3 Å². The van der Waals surface area contributed by atoms with E-state index in [0.717, 1.165) is 65.8 Å². The number of esters is 2. The summed E-state index contributed by atoms with van der Waals surface area (Å²) in [6.45, 7) is 11.8. The van der Waals surface area contributed by atoms with Crippen LogP contribution in [0.4, 0.5) is 0 Å². The molecule has 0 bridgehead atoms. The molecule has 12 heteroatoms. The van der Waals surface area contributed by atoms with Gasteiger partial charge in [0.15, 0.2) is 6.10 Å². The Morgan fingerprint density at radius 1 is 0.865 bits per heavy atom. The van der Waals surface area contributed by atoms with Crippen molar-refractivity contribution in [1.29, 1.82) is 0 Å². The minimum Gasteiger partial charge on any atom is -0.492 e. The molecule has 12 nitrogen and oxygen atoms in total. The fourth-order valence-corrected chi connectivity index (χ4v) is 6.62. The normalized spacial score (nSPS) is 22.3. The Hall–Kier alpha value is -4.46. The van der Waals surface area contributed by atoms with E-state index in [-0.39, 0.29) is 5.97 Å². The molecule has 0 saturated carbocycles. The van der Waals surface area contributed by atoms with Gasteiger partial charge in [0.1, 0.15) is 42.2 Å². The van der Waals surface area contributed by atoms with E-state index in [9.17, 15) is 24.9 Å². The van der Waals surface area contributed by atoms with E-state index in [0.29, 0.717) is 24.7 Å². The Labute approximate surface area is 303 Å². The van der Waals surface area contributed by atoms with Gasteiger partial charge < -0.3 is 43.6 Å². The molecule has 3 heterocycles. The highest BCUT2D eigenvalue weighted by Crippen LogP contribution is 2.37. The van der Waals surface area contributed by atoms with Gasteiger partial charge in [-0.05, 0) is 125 Å². The van der Waals surface area contributed by atoms with E-state index >= 15 is 0 Å². The Bertz CT molecular complexity index is 1860. The molecule has 52 heavy (non-hydrogen) atoms. The predicted octanol–water partition coefficient (Wildman–Crippen LogP) is 4.45. The smallest absolute Gasteiger partial charge is 0.337 e. The number of nitrogens with zero attached hydrogens (tertiary/aromatic N) is 2. The molecule has 0 aliphatic carbocycles. The zero-order chi connectivity index (χ0) is 37.2. The summed E-state index contributed by atoms with van der Waals surface area (Å²) in [5.41, 5.74) is 4.09. The van der Waals surface area contributed by atoms with Crippen molar-refractivity contribution in [1.82, 2.24) is 9.47 Å². The van der Waals surface area contributed by atoms with Crippen molar-refractivity contribution in [3.63, 3.8) is 0 Å². The maximum absolute atomic E-state index is 12.5. The summed E-state index contributed by atoms with van der Waals surface area (Å²) in [5, 5.41) is 32.2. The van der Waals surface area contributed by atoms with E-state index in [4.69, 9.17) is 23.7 Å². The van der Waals surface area contributed by atoms with Gasteiger partial charge >= 0.3 is 11.9 Å². The molecule has 4 aromatic rings. The summed E-state index contributed by atoms with van der Waals surface area (Å²) in [4.78, 5) is 27.2. The first-order chi connectivity index (χ1) is 24.8. The number of carbonyl (C=O) groups is 2. The molecule has 4 unspecified atom stereocenters. The standard InChI is InChI=1S/C40H48N2O10/c1-24-30-22-29(50-38-35(45)33(43)34(44)36(52-38)37(46)48-5)16-17-31(30)42(32(24)26-10-14-28(15-11-26)51-39(47)40(2,3)4)23-25-8-12-27(13-9-25)49-21-20-41-18-6-7-19-41/h8-17,22,33-36,38,43-45H,6-7,18-21,23H2,1-5H3/t33?,34?,35?,36-,38?/m0/s1. The third kappa shape index (κ3) is 8.11. The van der Waals surface area contributed by atoms with E-state index < -0.39 is 42.1 Å². The second-order valence-corrected chi connectivity index (χ2v) is 14.5. The second-order valence-electron chi connectivity index (χ2n) is 14.5. The van der Waals surface area contributed by atoms with Crippen molar-refractivity contribution in [3.05, 3.63) is 77.9 Å². The SMILES string of the molecule is COC(=O)[C@H]1OC(Oc2ccc3c(c2)c(C)c(-c2ccc(OC(=O)C(C)(C)C)cc2)n3Cc2ccc(OCCN3CCCC3)cc2)C(O)C(O)C1O. The quantitative estimate of drug-likeness (QED) is 0.149. The molecule has 6 rings (SSSR count). The number of aromatic nitrogens is 1. The highest BCUT2D eigenvalue weighted by Gasteiger charge is 2.48. The van der Waals surface area contributed by atoms with Crippen molar-refractivity contribution in [2.75, 3.05) is 33.4 Å². The summed E-state index contributed by atoms with van der Waals surface area (Å²) >= 11 is 0. The van der Waals surface area contributed by atoms with Crippen LogP contribution in [0.3, 0.4) is 0 Å². The fraction of sp³-hybridized carbons (Fsp3) is 0.450. The van der Waals surface area contributed by atoms with Gasteiger partial charge in [-0.1, -0.05) is 12.1 Å². The molecular weight excluding hydrogens is 668 g/mol. The van der Waals surface area contributed by atoms with Crippen molar-refractivity contribution in [2.45, 2.75) is 77.8 Å². The van der Waals surface area contributed by atoms with Gasteiger partial charge in [0.2, 0.25) is 6.29 Å². The molecule has 0 spiro atoms. The topological polar surface area (TPSA) is 149 Å². The second kappa shape index (κ2) is 15.6. The van der Waals surface area contributed by atoms with Gasteiger partial charge in [-0.2, -0.15) is 0 Å². The number of aryl methyl sites for hydroxylation is 1. The zero-order valence-electron chi connectivity index (χ0n) is 30.3. The molecule has 2 fully saturated rings. The number of aliphatic hydroxyl groups is 3. The lowest BCUT2D eigenvalue weighted by Crippen LogP contribution is -2.61. The first kappa shape index (κ1) is 37.3. The minimum absolute atomic E-state index is 0.315. The fourth-order valence-electron chi connectivity index (χ4n) is 6.62. The maximum Gasteiger partial charge on any atom is 0.337 e. The summed E-state index contributed by atoms with van der Waals surface area (Å²) < 4.78 is 30.1. The minimum atomic E-state index is -1.70. The molecular formula is C40H48N2O10. The van der Waals surface area contributed by atoms with Crippen LogP contribution in [0, 0.1) is 12.3 Å². The van der Waals surface area contributed by atoms with Gasteiger partial charge in [-0.25, -0.2) is 4.79 Å². The molecule has 2 aliphatic rings. The average Bonchev–Trinajstić information content (AvgIpc) is 3.74. The number of aliphatic hydroxyl groups excluding tert-OH is 3. The maximum atomic E-state index is 12.5. The number of hydrogen-bond acceptors (Lipinski definition) is 11. The van der Waals surface area contributed by atoms with Crippen LogP contribution in [-0.4, -0.2) is 101 Å². The third-order valence-corrected chi connectivity index (χ3v) is 9.63. The Kier molecular flexibility index (Phi) is 11.2. The van der Waals surface area contributed by atoms with Crippen molar-refractivity contribution in [3.8, 4) is 28.5 Å². The lowest BCUT2D eigenvalue weighted by Gasteiger charge is -2.38. The van der Waals surface area contributed by atoms with Gasteiger partial charge in [0, 0.05) is 24.0 Å². The molecule has 278 valence electrons. The number of rotatable bonds is 11. The Morgan fingerprint density at radius 2 is 1.52 bits per heavy atom. The highest BCUT2D eigenvalue weighted by molar-refractivity contribution is 5.93. The number of fused-ring (bicyclic) bond motifs is 1. The van der Waals surface area contributed by atoms with Gasteiger partial charge in [-0.15, -0.1) is 0 Å². The number of benzene rings is 3. The van der Waals surface area contributed by atoms with Crippen molar-refractivity contribution in [2.24, 2.45) is 5.41 Å². The summed E-state index contributed by atoms with van der Waals surface area (Å²) in [6.07, 6.45) is -5.53. The molecule has 5 atom stereocenters. The van der Waals surface area contributed by atoms with Crippen LogP contribution in [0.25, 0.3) is 22.2 Å². The van der Waals surface area contributed by atoms with Crippen LogP contribution in [0.15, 0.2) is 66.7 Å². The molecule has 3 N–H and O–H groups in total. The van der Waals surface area contributed by atoms with Gasteiger partial charge in [0.05, 0.1) is 18.2 Å². The van der Waals surface area contributed by atoms with Crippen LogP contribution in [0.2, 0.25) is 0 Å². The average molecular weight is 717 g/mol. The van der Waals surface area contributed by atoms with E-state index in [1.165, 1.54) is 12.8 Å². The summed E-state index contributed by atoms with van der Waals surface area (Å²) in [7, 11) is 1.13. The molecule has 2 saturated heterocycles. The number of hydrogen-bond donors (Lipinski definition) is 3. The number of carbonyl (C=O) groups excluding carboxylic acids is 2. The van der Waals surface area contributed by atoms with Crippen molar-refractivity contribution < 1.29 is 48.6 Å². The van der Waals surface area contributed by atoms with Gasteiger partial charge in [-0.3, -0.25) is 9.69 Å². The third-order valence-electron chi connectivity index (χ3n) is 9.63. The van der Waals surface area contributed by atoms with Crippen LogP contribution in [0.1, 0.15) is 44.7 Å². The largest absolute Gasteiger partial charge is 0.492 e. The first-order valence-electron chi connectivity index (χ1n) is 17.7. The molecule has 0 amide bonds. The molecule has 3 aromatic carbocycles. The lowest BCUT2D eigenvalue weighted by molar-refractivity contribution is -0.271. The molecule has 2 aliphatic heterocycles. The van der Waals surface area contributed by atoms with Crippen LogP contribution in [0.5, 0.6) is 17.2 Å². The summed E-state index contributed by atoms with van der Waals surface area (Å²) in [5.74, 6) is 0.353. The summed E-state index contributed by atoms with van der Waals surface area (Å²) in [6, 6.07) is 20.9. The predicted molar refractivity (Wildman–Crippen MR) is 193 cm³/mol. The van der Waals surface area contributed by atoms with E-state index in [2.05, 4.69) is 21.6 Å². The van der Waals surface area contributed by atoms with Crippen molar-refractivity contribution >= 4 is 22.8 Å². The monoisotopic (exact) mass is 716 g/mol. The lowest BCUT2D eigenvalue weighted by atomic mass is 9.97.